The summed E-state index contributed by atoms with van der Waals surface area (Å²) in [5.74, 6) is 1.89. The number of hydrogen-bond acceptors (Lipinski definition) is 11. The van der Waals surface area contributed by atoms with E-state index in [1.807, 2.05) is 42.5 Å². The van der Waals surface area contributed by atoms with Gasteiger partial charge in [-0.15, -0.1) is 0 Å². The topological polar surface area (TPSA) is 226 Å². The van der Waals surface area contributed by atoms with Crippen molar-refractivity contribution in [2.75, 3.05) is 46.6 Å². The highest BCUT2D eigenvalue weighted by Gasteiger charge is 2.20. The minimum Gasteiger partial charge on any atom is -0.344 e. The van der Waals surface area contributed by atoms with Crippen LogP contribution >= 0.6 is 0 Å². The molecule has 2 aliphatic heterocycles. The molecule has 12 nitrogen and oxygen atoms in total. The molecule has 2 aliphatic rings. The Balaban J connectivity index is -0.000000902. The first-order valence-corrected chi connectivity index (χ1v) is 12.2. The lowest BCUT2D eigenvalue weighted by atomic mass is 10.1. The van der Waals surface area contributed by atoms with Gasteiger partial charge in [-0.05, 0) is 74.9 Å². The van der Waals surface area contributed by atoms with Gasteiger partial charge in [-0.3, -0.25) is 4.79 Å². The summed E-state index contributed by atoms with van der Waals surface area (Å²) in [4.78, 5) is 31.4. The summed E-state index contributed by atoms with van der Waals surface area (Å²) in [5, 5.41) is 6.24. The lowest BCUT2D eigenvalue weighted by molar-refractivity contribution is 0.102. The smallest absolute Gasteiger partial charge is 0.255 e. The van der Waals surface area contributed by atoms with Crippen LogP contribution in [0, 0.1) is 0 Å². The Bertz CT molecular complexity index is 1080. The average Bonchev–Trinajstić information content (AvgIpc) is 2.90. The lowest BCUT2D eigenvalue weighted by Crippen LogP contribution is -2.34. The van der Waals surface area contributed by atoms with Gasteiger partial charge < -0.3 is 45.0 Å². The van der Waals surface area contributed by atoms with Gasteiger partial charge in [0.05, 0.1) is 0 Å². The third-order valence-electron chi connectivity index (χ3n) is 6.32. The number of hydrogen-bond donors (Lipinski definition) is 6. The molecule has 216 valence electrons. The van der Waals surface area contributed by atoms with Crippen LogP contribution in [-0.4, -0.2) is 47.0 Å². The summed E-state index contributed by atoms with van der Waals surface area (Å²) < 4.78 is 0. The number of anilines is 5. The van der Waals surface area contributed by atoms with Gasteiger partial charge >= 0.3 is 0 Å². The van der Waals surface area contributed by atoms with E-state index in [0.29, 0.717) is 11.5 Å². The fourth-order valence-electron chi connectivity index (χ4n) is 4.44. The van der Waals surface area contributed by atoms with Crippen molar-refractivity contribution in [1.29, 1.82) is 0 Å². The van der Waals surface area contributed by atoms with E-state index >= 15 is 0 Å². The second-order valence-electron chi connectivity index (χ2n) is 8.88. The SMILES string of the molecule is N.N.N.N.O=C(Nc1ccccc1)c1ccc(Nc2nc(N3CCCCC3)nc(N3CCCCC3)n2)cc1.[HH].[HH].[HH].[HH]. The van der Waals surface area contributed by atoms with Gasteiger partial charge in [0.1, 0.15) is 0 Å². The van der Waals surface area contributed by atoms with E-state index in [-0.39, 0.29) is 36.2 Å². The second kappa shape index (κ2) is 15.4. The Morgan fingerprint density at radius 3 is 1.63 bits per heavy atom. The van der Waals surface area contributed by atoms with Crippen LogP contribution in [-0.2, 0) is 0 Å². The molecule has 0 radical (unpaired) electrons. The van der Waals surface area contributed by atoms with E-state index in [0.717, 1.165) is 49.5 Å². The molecule has 2 fully saturated rings. The van der Waals surface area contributed by atoms with E-state index in [9.17, 15) is 4.79 Å². The zero-order chi connectivity index (χ0) is 23.2. The summed E-state index contributed by atoms with van der Waals surface area (Å²) in [6, 6.07) is 16.8. The normalized spacial score (nSPS) is 14.5. The van der Waals surface area contributed by atoms with Gasteiger partial charge in [0.2, 0.25) is 17.8 Å². The van der Waals surface area contributed by atoms with Crippen molar-refractivity contribution in [1.82, 2.24) is 39.6 Å². The summed E-state index contributed by atoms with van der Waals surface area (Å²) in [6.07, 6.45) is 7.19. The first kappa shape index (κ1) is 32.2. The zero-order valence-corrected chi connectivity index (χ0v) is 22.2. The van der Waals surface area contributed by atoms with Gasteiger partial charge in [-0.1, -0.05) is 18.2 Å². The third-order valence-corrected chi connectivity index (χ3v) is 6.32. The number of piperidine rings is 2. The summed E-state index contributed by atoms with van der Waals surface area (Å²) in [6.45, 7) is 3.92. The minimum atomic E-state index is -0.141. The van der Waals surface area contributed by atoms with Gasteiger partial charge in [-0.2, -0.15) is 15.0 Å². The molecule has 38 heavy (non-hydrogen) atoms. The van der Waals surface area contributed by atoms with Gasteiger partial charge in [0.15, 0.2) is 0 Å². The van der Waals surface area contributed by atoms with Crippen LogP contribution in [0.5, 0.6) is 0 Å². The second-order valence-corrected chi connectivity index (χ2v) is 8.88. The van der Waals surface area contributed by atoms with Crippen molar-refractivity contribution >= 4 is 35.1 Å². The van der Waals surface area contributed by atoms with Crippen molar-refractivity contribution < 1.29 is 10.5 Å². The number of aromatic nitrogens is 3. The molecule has 3 heterocycles. The van der Waals surface area contributed by atoms with E-state index in [2.05, 4.69) is 20.4 Å². The van der Waals surface area contributed by atoms with E-state index < -0.39 is 0 Å². The van der Waals surface area contributed by atoms with Crippen LogP contribution in [0.25, 0.3) is 0 Å². The largest absolute Gasteiger partial charge is 0.344 e. The Morgan fingerprint density at radius 2 is 1.13 bits per heavy atom. The maximum absolute atomic E-state index is 12.5. The lowest BCUT2D eigenvalue weighted by Gasteiger charge is -2.30. The molecule has 0 bridgehead atoms. The van der Waals surface area contributed by atoms with Crippen LogP contribution in [0.2, 0.25) is 0 Å². The Morgan fingerprint density at radius 1 is 0.632 bits per heavy atom. The molecule has 12 heteroatoms. The standard InChI is InChI=1S/C26H31N7O.4H3N.4H2/c34-23(27-21-10-4-1-5-11-21)20-12-14-22(15-13-20)28-24-29-25(32-16-6-2-7-17-32)31-26(30-24)33-18-8-3-9-19-33;;;;;;;;/h1,4-5,10-15H,2-3,6-9,16-19H2,(H,27,34)(H,28,29,30,31);4*1H3;4*1H. The molecule has 1 amide bonds. The first-order valence-electron chi connectivity index (χ1n) is 12.2. The van der Waals surface area contributed by atoms with Crippen LogP contribution in [0.15, 0.2) is 54.6 Å². The van der Waals surface area contributed by atoms with E-state index in [1.165, 1.54) is 38.5 Å². The number of nitrogens with one attached hydrogen (secondary N) is 2. The van der Waals surface area contributed by atoms with Gasteiger partial charge in [-0.25, -0.2) is 0 Å². The highest BCUT2D eigenvalue weighted by atomic mass is 16.1. The van der Waals surface area contributed by atoms with E-state index in [4.69, 9.17) is 15.0 Å². The average molecular weight is 534 g/mol. The van der Waals surface area contributed by atoms with Gasteiger partial charge in [0.25, 0.3) is 5.91 Å². The fourth-order valence-corrected chi connectivity index (χ4v) is 4.44. The zero-order valence-electron chi connectivity index (χ0n) is 22.2. The minimum absolute atomic E-state index is 0. The van der Waals surface area contributed by atoms with Crippen molar-refractivity contribution in [3.63, 3.8) is 0 Å². The maximum Gasteiger partial charge on any atom is 0.255 e. The van der Waals surface area contributed by atoms with Crippen LogP contribution < -0.4 is 45.0 Å². The predicted octanol–water partition coefficient (Wildman–Crippen LogP) is 6.48. The number of benzene rings is 2. The van der Waals surface area contributed by atoms with Crippen molar-refractivity contribution in [2.24, 2.45) is 0 Å². The van der Waals surface area contributed by atoms with Crippen LogP contribution in [0.4, 0.5) is 29.2 Å². The molecule has 0 saturated carbocycles. The first-order chi connectivity index (χ1) is 16.7. The molecule has 2 aromatic carbocycles. The predicted molar refractivity (Wildman–Crippen MR) is 165 cm³/mol. The number of amides is 1. The molecule has 0 atom stereocenters. The van der Waals surface area contributed by atoms with Gasteiger partial charge in [0, 0.05) is 48.8 Å². The number of carbonyl (C=O) groups excluding carboxylic acids is 1. The monoisotopic (exact) mass is 533 g/mol. The number of para-hydroxylation sites is 1. The quantitative estimate of drug-likeness (QED) is 0.201. The highest BCUT2D eigenvalue weighted by Crippen LogP contribution is 2.24. The molecular formula is C26H51N11O. The third kappa shape index (κ3) is 8.08. The summed E-state index contributed by atoms with van der Waals surface area (Å²) >= 11 is 0. The maximum atomic E-state index is 12.5. The Hall–Kier alpha value is -3.84. The number of nitrogens with zero attached hydrogens (tertiary/aromatic N) is 5. The van der Waals surface area contributed by atoms with E-state index in [1.54, 1.807) is 12.1 Å². The molecular weight excluding hydrogens is 482 g/mol. The summed E-state index contributed by atoms with van der Waals surface area (Å²) in [7, 11) is 0. The Labute approximate surface area is 230 Å². The molecule has 5 rings (SSSR count). The molecule has 0 aliphatic carbocycles. The summed E-state index contributed by atoms with van der Waals surface area (Å²) in [5.41, 5.74) is 2.19. The number of carbonyl (C=O) groups is 1. The molecule has 0 spiro atoms. The van der Waals surface area contributed by atoms with Crippen LogP contribution in [0.1, 0.15) is 54.6 Å². The fraction of sp³-hybridized carbons (Fsp3) is 0.385. The van der Waals surface area contributed by atoms with Crippen LogP contribution in [0.3, 0.4) is 0 Å². The molecule has 0 unspecified atom stereocenters. The Kier molecular flexibility index (Phi) is 13.1. The van der Waals surface area contributed by atoms with Crippen molar-refractivity contribution in [3.05, 3.63) is 60.2 Å². The van der Waals surface area contributed by atoms with Crippen molar-refractivity contribution in [2.45, 2.75) is 38.5 Å². The molecule has 3 aromatic rings. The molecule has 14 N–H and O–H groups in total. The highest BCUT2D eigenvalue weighted by molar-refractivity contribution is 6.04. The number of rotatable bonds is 6. The molecule has 2 saturated heterocycles. The molecule has 1 aromatic heterocycles. The van der Waals surface area contributed by atoms with Crippen molar-refractivity contribution in [3.8, 4) is 0 Å².